The number of halogens is 1. The van der Waals surface area contributed by atoms with Crippen LogP contribution in [0.3, 0.4) is 0 Å². The molecule has 7 nitrogen and oxygen atoms in total. The lowest BCUT2D eigenvalue weighted by Gasteiger charge is -2.22. The highest BCUT2D eigenvalue weighted by atomic mass is 35.5. The number of rotatable bonds is 4. The van der Waals surface area contributed by atoms with Gasteiger partial charge in [-0.3, -0.25) is 9.69 Å². The Morgan fingerprint density at radius 1 is 1.41 bits per heavy atom. The molecule has 8 heteroatoms. The van der Waals surface area contributed by atoms with Gasteiger partial charge < -0.3 is 16.0 Å². The van der Waals surface area contributed by atoms with Gasteiger partial charge in [-0.2, -0.15) is 4.98 Å². The maximum absolute atomic E-state index is 11.7. The van der Waals surface area contributed by atoms with Crippen molar-refractivity contribution in [3.05, 3.63) is 11.2 Å². The summed E-state index contributed by atoms with van der Waals surface area (Å²) in [6, 6.07) is 1.70. The van der Waals surface area contributed by atoms with Crippen LogP contribution in [0.25, 0.3) is 0 Å². The number of carbonyl (C=O) groups is 1. The maximum Gasteiger partial charge on any atom is 0.234 e. The third-order valence-corrected chi connectivity index (χ3v) is 3.56. The van der Waals surface area contributed by atoms with Crippen LogP contribution in [0.4, 0.5) is 11.8 Å². The largest absolute Gasteiger partial charge is 0.368 e. The van der Waals surface area contributed by atoms with Gasteiger partial charge in [-0.25, -0.2) is 4.98 Å². The highest BCUT2D eigenvalue weighted by Crippen LogP contribution is 2.18. The Morgan fingerprint density at radius 3 is 2.95 bits per heavy atom. The quantitative estimate of drug-likeness (QED) is 0.598. The number of nitrogens with one attached hydrogen (secondary N) is 1. The molecule has 0 bridgehead atoms. The number of hydrogen-bond acceptors (Lipinski definition) is 6. The molecule has 2 rings (SSSR count). The molecule has 22 heavy (non-hydrogen) atoms. The number of nitrogens with zero attached hydrogens (tertiary/aromatic N) is 4. The molecule has 1 saturated heterocycles. The van der Waals surface area contributed by atoms with Crippen LogP contribution in [0.1, 0.15) is 6.42 Å². The van der Waals surface area contributed by atoms with Crippen molar-refractivity contribution in [2.24, 2.45) is 0 Å². The monoisotopic (exact) mass is 322 g/mol. The molecule has 0 spiro atoms. The molecule has 0 unspecified atom stereocenters. The Bertz CT molecular complexity index is 553. The Labute approximate surface area is 134 Å². The van der Waals surface area contributed by atoms with Crippen molar-refractivity contribution in [2.75, 3.05) is 49.9 Å². The van der Waals surface area contributed by atoms with Crippen molar-refractivity contribution < 1.29 is 4.79 Å². The van der Waals surface area contributed by atoms with Gasteiger partial charge in [0.1, 0.15) is 11.0 Å². The third kappa shape index (κ3) is 4.76. The fourth-order valence-corrected chi connectivity index (χ4v) is 2.54. The third-order valence-electron chi connectivity index (χ3n) is 3.37. The second-order valence-electron chi connectivity index (χ2n) is 5.00. The highest BCUT2D eigenvalue weighted by Gasteiger charge is 2.18. The lowest BCUT2D eigenvalue weighted by atomic mass is 10.3. The molecule has 0 radical (unpaired) electrons. The zero-order chi connectivity index (χ0) is 15.9. The standard InChI is InChI=1S/C14H19ClN6O/c1-2-4-17-13(22)10-20-5-3-6-21(8-7-20)12-9-11(15)18-14(16)19-12/h1,9H,3-8,10H2,(H,17,22)(H2,16,18,19). The molecule has 1 amide bonds. The molecule has 0 aromatic carbocycles. The summed E-state index contributed by atoms with van der Waals surface area (Å²) in [7, 11) is 0. The first-order valence-electron chi connectivity index (χ1n) is 7.06. The summed E-state index contributed by atoms with van der Waals surface area (Å²) >= 11 is 5.92. The van der Waals surface area contributed by atoms with Gasteiger partial charge in [-0.05, 0) is 6.42 Å². The predicted molar refractivity (Wildman–Crippen MR) is 86.6 cm³/mol. The number of nitrogen functional groups attached to an aromatic ring is 1. The Morgan fingerprint density at radius 2 is 2.23 bits per heavy atom. The van der Waals surface area contributed by atoms with E-state index in [4.69, 9.17) is 23.8 Å². The zero-order valence-electron chi connectivity index (χ0n) is 12.3. The van der Waals surface area contributed by atoms with Crippen molar-refractivity contribution in [3.63, 3.8) is 0 Å². The van der Waals surface area contributed by atoms with Crippen molar-refractivity contribution in [1.29, 1.82) is 0 Å². The van der Waals surface area contributed by atoms with Gasteiger partial charge in [0, 0.05) is 32.2 Å². The minimum atomic E-state index is -0.0549. The SMILES string of the molecule is C#CCNC(=O)CN1CCCN(c2cc(Cl)nc(N)n2)CC1. The van der Waals surface area contributed by atoms with E-state index in [0.29, 0.717) is 11.7 Å². The average molecular weight is 323 g/mol. The smallest absolute Gasteiger partial charge is 0.234 e. The molecule has 1 aromatic heterocycles. The molecule has 0 saturated carbocycles. The van der Waals surface area contributed by atoms with Gasteiger partial charge in [0.05, 0.1) is 13.1 Å². The van der Waals surface area contributed by atoms with Crippen LogP contribution in [-0.4, -0.2) is 60.0 Å². The molecule has 1 aliphatic rings. The molecular weight excluding hydrogens is 304 g/mol. The van der Waals surface area contributed by atoms with Gasteiger partial charge in [-0.15, -0.1) is 6.42 Å². The van der Waals surface area contributed by atoms with E-state index in [2.05, 4.69) is 31.0 Å². The Hall–Kier alpha value is -2.04. The summed E-state index contributed by atoms with van der Waals surface area (Å²) in [5.41, 5.74) is 5.63. The highest BCUT2D eigenvalue weighted by molar-refractivity contribution is 6.29. The minimum absolute atomic E-state index is 0.0549. The lowest BCUT2D eigenvalue weighted by Crippen LogP contribution is -2.39. The first-order chi connectivity index (χ1) is 10.6. The van der Waals surface area contributed by atoms with Crippen LogP contribution in [0.2, 0.25) is 5.15 Å². The number of hydrogen-bond donors (Lipinski definition) is 2. The zero-order valence-corrected chi connectivity index (χ0v) is 13.0. The Balaban J connectivity index is 1.92. The first kappa shape index (κ1) is 16.3. The molecule has 2 heterocycles. The van der Waals surface area contributed by atoms with Gasteiger partial charge in [-0.1, -0.05) is 17.5 Å². The molecule has 118 valence electrons. The topological polar surface area (TPSA) is 87.4 Å². The summed E-state index contributed by atoms with van der Waals surface area (Å²) in [5.74, 6) is 3.22. The maximum atomic E-state index is 11.7. The molecule has 1 fully saturated rings. The van der Waals surface area contributed by atoms with Crippen molar-refractivity contribution in [3.8, 4) is 12.3 Å². The van der Waals surface area contributed by atoms with Crippen LogP contribution in [0.5, 0.6) is 0 Å². The molecule has 3 N–H and O–H groups in total. The molecule has 0 aliphatic carbocycles. The number of terminal acetylenes is 1. The fraction of sp³-hybridized carbons (Fsp3) is 0.500. The number of carbonyl (C=O) groups excluding carboxylic acids is 1. The predicted octanol–water partition coefficient (Wildman–Crippen LogP) is -0.0263. The van der Waals surface area contributed by atoms with E-state index in [1.807, 2.05) is 0 Å². The van der Waals surface area contributed by atoms with Crippen molar-refractivity contribution in [1.82, 2.24) is 20.2 Å². The molecular formula is C14H19ClN6O. The van der Waals surface area contributed by atoms with Gasteiger partial charge in [0.25, 0.3) is 0 Å². The lowest BCUT2D eigenvalue weighted by molar-refractivity contribution is -0.121. The molecule has 0 atom stereocenters. The molecule has 1 aromatic rings. The summed E-state index contributed by atoms with van der Waals surface area (Å²) in [5, 5.41) is 3.00. The summed E-state index contributed by atoms with van der Waals surface area (Å²) in [4.78, 5) is 24.0. The van der Waals surface area contributed by atoms with Gasteiger partial charge in [0.2, 0.25) is 11.9 Å². The van der Waals surface area contributed by atoms with Crippen LogP contribution in [0.15, 0.2) is 6.07 Å². The van der Waals surface area contributed by atoms with Gasteiger partial charge in [0.15, 0.2) is 0 Å². The second-order valence-corrected chi connectivity index (χ2v) is 5.39. The average Bonchev–Trinajstić information content (AvgIpc) is 2.69. The van der Waals surface area contributed by atoms with E-state index in [-0.39, 0.29) is 18.4 Å². The van der Waals surface area contributed by atoms with E-state index in [9.17, 15) is 4.79 Å². The molecule has 1 aliphatic heterocycles. The van der Waals surface area contributed by atoms with E-state index in [1.54, 1.807) is 6.07 Å². The Kier molecular flexibility index (Phi) is 5.81. The van der Waals surface area contributed by atoms with Gasteiger partial charge >= 0.3 is 0 Å². The number of aromatic nitrogens is 2. The van der Waals surface area contributed by atoms with Crippen LogP contribution in [-0.2, 0) is 4.79 Å². The van der Waals surface area contributed by atoms with E-state index >= 15 is 0 Å². The van der Waals surface area contributed by atoms with Crippen molar-refractivity contribution >= 4 is 29.3 Å². The first-order valence-corrected chi connectivity index (χ1v) is 7.44. The minimum Gasteiger partial charge on any atom is -0.368 e. The van der Waals surface area contributed by atoms with E-state index in [0.717, 1.165) is 38.4 Å². The van der Waals surface area contributed by atoms with Crippen LogP contribution >= 0.6 is 11.6 Å². The number of nitrogens with two attached hydrogens (primary N) is 1. The normalized spacial score (nSPS) is 15.9. The number of anilines is 2. The fourth-order valence-electron chi connectivity index (χ4n) is 2.35. The summed E-state index contributed by atoms with van der Waals surface area (Å²) in [6.07, 6.45) is 6.04. The van der Waals surface area contributed by atoms with Crippen LogP contribution in [0, 0.1) is 12.3 Å². The summed E-state index contributed by atoms with van der Waals surface area (Å²) < 4.78 is 0. The van der Waals surface area contributed by atoms with E-state index < -0.39 is 0 Å². The van der Waals surface area contributed by atoms with E-state index in [1.165, 1.54) is 0 Å². The van der Waals surface area contributed by atoms with Crippen LogP contribution < -0.4 is 16.0 Å². The second kappa shape index (κ2) is 7.82. The number of amides is 1. The van der Waals surface area contributed by atoms with Crippen molar-refractivity contribution in [2.45, 2.75) is 6.42 Å². The summed E-state index contributed by atoms with van der Waals surface area (Å²) in [6.45, 7) is 3.78.